The highest BCUT2D eigenvalue weighted by Crippen LogP contribution is 2.18. The largest absolute Gasteiger partial charge is 0.350 e. The second-order valence-electron chi connectivity index (χ2n) is 7.58. The highest BCUT2D eigenvalue weighted by molar-refractivity contribution is 5.94. The summed E-state index contributed by atoms with van der Waals surface area (Å²) < 4.78 is 0. The minimum Gasteiger partial charge on any atom is -0.350 e. The van der Waals surface area contributed by atoms with Crippen molar-refractivity contribution in [3.8, 4) is 0 Å². The van der Waals surface area contributed by atoms with Crippen LogP contribution in [-0.4, -0.2) is 58.7 Å². The first kappa shape index (κ1) is 20.9. The number of carbonyl (C=O) groups excluding carboxylic acids is 4. The number of carbonyl (C=O) groups is 4. The van der Waals surface area contributed by atoms with Gasteiger partial charge in [0, 0.05) is 19.0 Å². The minimum atomic E-state index is -0.697. The van der Waals surface area contributed by atoms with Gasteiger partial charge >= 0.3 is 0 Å². The molecule has 1 aliphatic heterocycles. The molecule has 1 rings (SSSR count). The van der Waals surface area contributed by atoms with Crippen LogP contribution in [0.25, 0.3) is 0 Å². The third kappa shape index (κ3) is 6.36. The van der Waals surface area contributed by atoms with Crippen LogP contribution in [0.1, 0.15) is 54.4 Å². The lowest BCUT2D eigenvalue weighted by Crippen LogP contribution is -2.56. The molecule has 3 unspecified atom stereocenters. The maximum Gasteiger partial charge on any atom is 0.245 e. The van der Waals surface area contributed by atoms with Gasteiger partial charge in [-0.2, -0.15) is 0 Å². The number of hydrogen-bond donors (Lipinski definition) is 3. The van der Waals surface area contributed by atoms with Gasteiger partial charge in [0.2, 0.25) is 23.6 Å². The fourth-order valence-corrected chi connectivity index (χ4v) is 2.77. The Kier molecular flexibility index (Phi) is 6.96. The summed E-state index contributed by atoms with van der Waals surface area (Å²) in [6.45, 7) is 10.6. The second kappa shape index (κ2) is 8.31. The van der Waals surface area contributed by atoms with E-state index in [0.29, 0.717) is 19.4 Å². The average Bonchev–Trinajstić information content (AvgIpc) is 2.92. The third-order valence-electron chi connectivity index (χ3n) is 3.88. The SMILES string of the molecule is CC(=O)NC(C)C(=O)N1CCCC1C(=O)NC(C)C(=O)NC(C)(C)C. The highest BCUT2D eigenvalue weighted by atomic mass is 16.2. The maximum absolute atomic E-state index is 12.5. The van der Waals surface area contributed by atoms with Crippen LogP contribution in [0.4, 0.5) is 0 Å². The van der Waals surface area contributed by atoms with Crippen LogP contribution in [0, 0.1) is 0 Å². The van der Waals surface area contributed by atoms with E-state index in [0.717, 1.165) is 0 Å². The van der Waals surface area contributed by atoms with Gasteiger partial charge in [-0.1, -0.05) is 0 Å². The number of likely N-dealkylation sites (tertiary alicyclic amines) is 1. The van der Waals surface area contributed by atoms with Crippen LogP contribution in [-0.2, 0) is 19.2 Å². The molecule has 8 nitrogen and oxygen atoms in total. The summed E-state index contributed by atoms with van der Waals surface area (Å²) >= 11 is 0. The topological polar surface area (TPSA) is 108 Å². The Balaban J connectivity index is 2.69. The number of rotatable bonds is 5. The van der Waals surface area contributed by atoms with Gasteiger partial charge in [-0.15, -0.1) is 0 Å². The number of nitrogens with one attached hydrogen (secondary N) is 3. The summed E-state index contributed by atoms with van der Waals surface area (Å²) in [5.74, 6) is -1.21. The number of amides is 4. The van der Waals surface area contributed by atoms with E-state index < -0.39 is 18.1 Å². The van der Waals surface area contributed by atoms with Crippen LogP contribution in [0.15, 0.2) is 0 Å². The molecule has 3 atom stereocenters. The molecule has 25 heavy (non-hydrogen) atoms. The first-order valence-electron chi connectivity index (χ1n) is 8.62. The quantitative estimate of drug-likeness (QED) is 0.642. The lowest BCUT2D eigenvalue weighted by molar-refractivity contribution is -0.141. The summed E-state index contributed by atoms with van der Waals surface area (Å²) in [4.78, 5) is 49.7. The van der Waals surface area contributed by atoms with Crippen LogP contribution >= 0.6 is 0 Å². The van der Waals surface area contributed by atoms with E-state index in [2.05, 4.69) is 16.0 Å². The summed E-state index contributed by atoms with van der Waals surface area (Å²) in [5, 5.41) is 8.02. The van der Waals surface area contributed by atoms with Crippen molar-refractivity contribution in [3.05, 3.63) is 0 Å². The highest BCUT2D eigenvalue weighted by Gasteiger charge is 2.37. The van der Waals surface area contributed by atoms with Crippen molar-refractivity contribution in [3.63, 3.8) is 0 Å². The Morgan fingerprint density at radius 2 is 1.64 bits per heavy atom. The standard InChI is InChI=1S/C17H30N4O4/c1-10(14(23)20-17(4,5)6)19-15(24)13-8-7-9-21(13)16(25)11(2)18-12(3)22/h10-11,13H,7-9H2,1-6H3,(H,18,22)(H,19,24)(H,20,23). The normalized spacial score (nSPS) is 19.8. The molecular formula is C17H30N4O4. The molecule has 142 valence electrons. The lowest BCUT2D eigenvalue weighted by Gasteiger charge is -2.28. The van der Waals surface area contributed by atoms with Crippen molar-refractivity contribution in [2.45, 2.75) is 78.0 Å². The van der Waals surface area contributed by atoms with E-state index >= 15 is 0 Å². The number of nitrogens with zero attached hydrogens (tertiary/aromatic N) is 1. The first-order valence-corrected chi connectivity index (χ1v) is 8.62. The summed E-state index contributed by atoms with van der Waals surface area (Å²) in [6.07, 6.45) is 1.25. The molecule has 1 aliphatic rings. The van der Waals surface area contributed by atoms with Gasteiger partial charge in [0.15, 0.2) is 0 Å². The Labute approximate surface area is 149 Å². The van der Waals surface area contributed by atoms with Crippen LogP contribution in [0.2, 0.25) is 0 Å². The predicted octanol–water partition coefficient (Wildman–Crippen LogP) is -0.0786. The molecule has 0 aromatic heterocycles. The maximum atomic E-state index is 12.5. The smallest absolute Gasteiger partial charge is 0.245 e. The van der Waals surface area contributed by atoms with E-state index in [4.69, 9.17) is 0 Å². The molecule has 0 spiro atoms. The Bertz CT molecular complexity index is 541. The molecule has 0 aromatic carbocycles. The van der Waals surface area contributed by atoms with E-state index in [1.54, 1.807) is 13.8 Å². The van der Waals surface area contributed by atoms with Crippen molar-refractivity contribution < 1.29 is 19.2 Å². The van der Waals surface area contributed by atoms with Gasteiger partial charge in [0.1, 0.15) is 18.1 Å². The monoisotopic (exact) mass is 354 g/mol. The molecule has 1 heterocycles. The minimum absolute atomic E-state index is 0.275. The van der Waals surface area contributed by atoms with Gasteiger partial charge in [-0.3, -0.25) is 19.2 Å². The van der Waals surface area contributed by atoms with Crippen LogP contribution in [0.3, 0.4) is 0 Å². The molecule has 4 amide bonds. The van der Waals surface area contributed by atoms with Gasteiger partial charge in [0.05, 0.1) is 0 Å². The zero-order valence-corrected chi connectivity index (χ0v) is 15.9. The van der Waals surface area contributed by atoms with Crippen LogP contribution in [0.5, 0.6) is 0 Å². The molecule has 8 heteroatoms. The number of hydrogen-bond acceptors (Lipinski definition) is 4. The average molecular weight is 354 g/mol. The lowest BCUT2D eigenvalue weighted by atomic mass is 10.1. The van der Waals surface area contributed by atoms with Crippen molar-refractivity contribution in [2.24, 2.45) is 0 Å². The zero-order valence-electron chi connectivity index (χ0n) is 15.9. The molecular weight excluding hydrogens is 324 g/mol. The Morgan fingerprint density at radius 3 is 2.16 bits per heavy atom. The molecule has 3 N–H and O–H groups in total. The van der Waals surface area contributed by atoms with Crippen molar-refractivity contribution in [2.75, 3.05) is 6.54 Å². The summed E-state index contributed by atoms with van der Waals surface area (Å²) in [6, 6.07) is -2.00. The van der Waals surface area contributed by atoms with Crippen LogP contribution < -0.4 is 16.0 Å². The molecule has 0 bridgehead atoms. The second-order valence-corrected chi connectivity index (χ2v) is 7.58. The zero-order chi connectivity index (χ0) is 19.4. The summed E-state index contributed by atoms with van der Waals surface area (Å²) in [5.41, 5.74) is -0.390. The van der Waals surface area contributed by atoms with Gasteiger partial charge in [-0.25, -0.2) is 0 Å². The molecule has 0 saturated carbocycles. The fraction of sp³-hybridized carbons (Fsp3) is 0.765. The van der Waals surface area contributed by atoms with Gasteiger partial charge < -0.3 is 20.9 Å². The van der Waals surface area contributed by atoms with Crippen molar-refractivity contribution in [1.82, 2.24) is 20.9 Å². The van der Waals surface area contributed by atoms with Crippen molar-refractivity contribution >= 4 is 23.6 Å². The fourth-order valence-electron chi connectivity index (χ4n) is 2.77. The van der Waals surface area contributed by atoms with E-state index in [1.807, 2.05) is 20.8 Å². The Morgan fingerprint density at radius 1 is 1.04 bits per heavy atom. The first-order chi connectivity index (χ1) is 11.4. The van der Waals surface area contributed by atoms with Crippen molar-refractivity contribution in [1.29, 1.82) is 0 Å². The van der Waals surface area contributed by atoms with Gasteiger partial charge in [-0.05, 0) is 47.5 Å². The van der Waals surface area contributed by atoms with E-state index in [1.165, 1.54) is 11.8 Å². The summed E-state index contributed by atoms with van der Waals surface area (Å²) in [7, 11) is 0. The van der Waals surface area contributed by atoms with E-state index in [9.17, 15) is 19.2 Å². The molecule has 0 radical (unpaired) electrons. The third-order valence-corrected chi connectivity index (χ3v) is 3.88. The van der Waals surface area contributed by atoms with Gasteiger partial charge in [0.25, 0.3) is 0 Å². The van der Waals surface area contributed by atoms with E-state index in [-0.39, 0.29) is 29.2 Å². The molecule has 0 aliphatic carbocycles. The predicted molar refractivity (Wildman–Crippen MR) is 93.5 cm³/mol. The molecule has 1 fully saturated rings. The Hall–Kier alpha value is -2.12. The molecule has 1 saturated heterocycles. The molecule has 0 aromatic rings.